The number of amides is 4. The van der Waals surface area contributed by atoms with Gasteiger partial charge in [0.1, 0.15) is 6.04 Å². The quantitative estimate of drug-likeness (QED) is 0.646. The zero-order valence-electron chi connectivity index (χ0n) is 15.4. The van der Waals surface area contributed by atoms with Crippen molar-refractivity contribution in [3.63, 3.8) is 0 Å². The summed E-state index contributed by atoms with van der Waals surface area (Å²) in [6.45, 7) is 4.75. The maximum Gasteiger partial charge on any atom is 0.329 e. The SMILES string of the molecule is CC1(CNC(=O)CCC2NC(=O)N(c3ccc(Cl)cc3)C2=O)CCNCC1. The number of halogens is 1. The van der Waals surface area contributed by atoms with Crippen LogP contribution >= 0.6 is 11.6 Å². The first-order valence-corrected chi connectivity index (χ1v) is 9.63. The van der Waals surface area contributed by atoms with Crippen molar-refractivity contribution >= 4 is 35.1 Å². The molecule has 0 aromatic heterocycles. The Bertz CT molecular complexity index is 716. The Hall–Kier alpha value is -2.12. The summed E-state index contributed by atoms with van der Waals surface area (Å²) in [4.78, 5) is 38.0. The highest BCUT2D eigenvalue weighted by molar-refractivity contribution is 6.30. The number of rotatable bonds is 6. The number of hydrogen-bond acceptors (Lipinski definition) is 4. The highest BCUT2D eigenvalue weighted by atomic mass is 35.5. The van der Waals surface area contributed by atoms with Gasteiger partial charge in [0.25, 0.3) is 5.91 Å². The minimum absolute atomic E-state index is 0.0956. The number of urea groups is 1. The molecular weight excluding hydrogens is 368 g/mol. The highest BCUT2D eigenvalue weighted by Gasteiger charge is 2.39. The predicted octanol–water partition coefficient (Wildman–Crippen LogP) is 2.05. The van der Waals surface area contributed by atoms with E-state index < -0.39 is 12.1 Å². The molecule has 0 saturated carbocycles. The monoisotopic (exact) mass is 392 g/mol. The molecule has 0 radical (unpaired) electrons. The lowest BCUT2D eigenvalue weighted by molar-refractivity contribution is -0.122. The second-order valence-electron chi connectivity index (χ2n) is 7.53. The van der Waals surface area contributed by atoms with Gasteiger partial charge in [-0.3, -0.25) is 9.59 Å². The average Bonchev–Trinajstić information content (AvgIpc) is 2.93. The van der Waals surface area contributed by atoms with Gasteiger partial charge in [0.2, 0.25) is 5.91 Å². The average molecular weight is 393 g/mol. The van der Waals surface area contributed by atoms with Crippen molar-refractivity contribution in [3.8, 4) is 0 Å². The molecule has 1 unspecified atom stereocenters. The lowest BCUT2D eigenvalue weighted by Gasteiger charge is -2.34. The van der Waals surface area contributed by atoms with Crippen molar-refractivity contribution in [3.05, 3.63) is 29.3 Å². The fourth-order valence-electron chi connectivity index (χ4n) is 3.44. The first kappa shape index (κ1) is 19.6. The van der Waals surface area contributed by atoms with E-state index in [1.807, 2.05) is 0 Å². The number of carbonyl (C=O) groups excluding carboxylic acids is 3. The van der Waals surface area contributed by atoms with Gasteiger partial charge in [0.15, 0.2) is 0 Å². The molecule has 0 bridgehead atoms. The number of benzene rings is 1. The summed E-state index contributed by atoms with van der Waals surface area (Å²) in [6, 6.07) is 5.32. The van der Waals surface area contributed by atoms with Crippen LogP contribution in [-0.4, -0.2) is 43.5 Å². The second-order valence-corrected chi connectivity index (χ2v) is 7.96. The molecule has 2 saturated heterocycles. The summed E-state index contributed by atoms with van der Waals surface area (Å²) >= 11 is 5.85. The number of nitrogens with one attached hydrogen (secondary N) is 3. The molecule has 1 aromatic rings. The van der Waals surface area contributed by atoms with Crippen LogP contribution in [0.3, 0.4) is 0 Å². The second kappa shape index (κ2) is 8.27. The number of nitrogens with zero attached hydrogens (tertiary/aromatic N) is 1. The van der Waals surface area contributed by atoms with Crippen LogP contribution in [0.5, 0.6) is 0 Å². The summed E-state index contributed by atoms with van der Waals surface area (Å²) in [7, 11) is 0. The van der Waals surface area contributed by atoms with Gasteiger partial charge in [-0.05, 0) is 62.0 Å². The number of anilines is 1. The lowest BCUT2D eigenvalue weighted by Crippen LogP contribution is -2.43. The van der Waals surface area contributed by atoms with Crippen LogP contribution in [0.1, 0.15) is 32.6 Å². The first-order chi connectivity index (χ1) is 12.9. The predicted molar refractivity (Wildman–Crippen MR) is 104 cm³/mol. The molecule has 2 heterocycles. The van der Waals surface area contributed by atoms with Crippen molar-refractivity contribution in [2.75, 3.05) is 24.5 Å². The molecule has 2 aliphatic heterocycles. The molecule has 2 fully saturated rings. The van der Waals surface area contributed by atoms with E-state index in [0.717, 1.165) is 30.8 Å². The van der Waals surface area contributed by atoms with Gasteiger partial charge in [-0.25, -0.2) is 9.69 Å². The van der Waals surface area contributed by atoms with Gasteiger partial charge in [-0.15, -0.1) is 0 Å². The van der Waals surface area contributed by atoms with E-state index in [2.05, 4.69) is 22.9 Å². The van der Waals surface area contributed by atoms with Crippen molar-refractivity contribution in [1.82, 2.24) is 16.0 Å². The van der Waals surface area contributed by atoms with E-state index in [1.54, 1.807) is 24.3 Å². The number of hydrogen-bond donors (Lipinski definition) is 3. The Balaban J connectivity index is 1.49. The van der Waals surface area contributed by atoms with Crippen LogP contribution < -0.4 is 20.9 Å². The van der Waals surface area contributed by atoms with E-state index in [-0.39, 0.29) is 30.1 Å². The molecule has 0 aliphatic carbocycles. The Morgan fingerprint density at radius 2 is 1.93 bits per heavy atom. The Kier molecular flexibility index (Phi) is 6.01. The minimum Gasteiger partial charge on any atom is -0.356 e. The topological polar surface area (TPSA) is 90.5 Å². The molecule has 146 valence electrons. The molecule has 3 N–H and O–H groups in total. The molecular formula is C19H25ClN4O3. The smallest absolute Gasteiger partial charge is 0.329 e. The van der Waals surface area contributed by atoms with E-state index in [0.29, 0.717) is 17.3 Å². The number of piperidine rings is 1. The lowest BCUT2D eigenvalue weighted by atomic mass is 9.81. The summed E-state index contributed by atoms with van der Waals surface area (Å²) in [6.07, 6.45) is 2.53. The molecule has 7 nitrogen and oxygen atoms in total. The van der Waals surface area contributed by atoms with Crippen molar-refractivity contribution in [2.45, 2.75) is 38.6 Å². The van der Waals surface area contributed by atoms with Crippen molar-refractivity contribution in [1.29, 1.82) is 0 Å². The van der Waals surface area contributed by atoms with Crippen LogP contribution in [0.2, 0.25) is 5.02 Å². The third-order valence-corrected chi connectivity index (χ3v) is 5.54. The molecule has 4 amide bonds. The van der Waals surface area contributed by atoms with Gasteiger partial charge in [0.05, 0.1) is 5.69 Å². The highest BCUT2D eigenvalue weighted by Crippen LogP contribution is 2.27. The van der Waals surface area contributed by atoms with Crippen LogP contribution in [0.25, 0.3) is 0 Å². The molecule has 8 heteroatoms. The van der Waals surface area contributed by atoms with Gasteiger partial charge >= 0.3 is 6.03 Å². The van der Waals surface area contributed by atoms with Crippen LogP contribution in [0, 0.1) is 5.41 Å². The molecule has 27 heavy (non-hydrogen) atoms. The maximum absolute atomic E-state index is 12.5. The van der Waals surface area contributed by atoms with E-state index >= 15 is 0 Å². The Morgan fingerprint density at radius 3 is 2.59 bits per heavy atom. The molecule has 0 spiro atoms. The minimum atomic E-state index is -0.687. The summed E-state index contributed by atoms with van der Waals surface area (Å²) in [5.74, 6) is -0.442. The van der Waals surface area contributed by atoms with Crippen LogP contribution in [0.4, 0.5) is 10.5 Å². The Labute approximate surface area is 163 Å². The molecule has 3 rings (SSSR count). The van der Waals surface area contributed by atoms with Gasteiger partial charge in [-0.2, -0.15) is 0 Å². The maximum atomic E-state index is 12.5. The number of carbonyl (C=O) groups is 3. The van der Waals surface area contributed by atoms with Gasteiger partial charge in [0, 0.05) is 18.0 Å². The zero-order chi connectivity index (χ0) is 19.4. The molecule has 1 atom stereocenters. The third-order valence-electron chi connectivity index (χ3n) is 5.29. The summed E-state index contributed by atoms with van der Waals surface area (Å²) in [5.41, 5.74) is 0.580. The van der Waals surface area contributed by atoms with Crippen molar-refractivity contribution < 1.29 is 14.4 Å². The summed E-state index contributed by atoms with van der Waals surface area (Å²) in [5, 5.41) is 9.47. The zero-order valence-corrected chi connectivity index (χ0v) is 16.1. The molecule has 2 aliphatic rings. The Morgan fingerprint density at radius 1 is 1.26 bits per heavy atom. The van der Waals surface area contributed by atoms with Crippen molar-refractivity contribution in [2.24, 2.45) is 5.41 Å². The fourth-order valence-corrected chi connectivity index (χ4v) is 3.57. The largest absolute Gasteiger partial charge is 0.356 e. The first-order valence-electron chi connectivity index (χ1n) is 9.25. The molecule has 1 aromatic carbocycles. The third kappa shape index (κ3) is 4.78. The van der Waals surface area contributed by atoms with Crippen LogP contribution in [-0.2, 0) is 9.59 Å². The van der Waals surface area contributed by atoms with Crippen LogP contribution in [0.15, 0.2) is 24.3 Å². The standard InChI is InChI=1S/C19H25ClN4O3/c1-19(8-10-21-11-9-19)12-22-16(25)7-6-15-17(26)24(18(27)23-15)14-4-2-13(20)3-5-14/h2-5,15,21H,6-12H2,1H3,(H,22,25)(H,23,27). The van der Waals surface area contributed by atoms with E-state index in [4.69, 9.17) is 11.6 Å². The van der Waals surface area contributed by atoms with Gasteiger partial charge < -0.3 is 16.0 Å². The van der Waals surface area contributed by atoms with E-state index in [9.17, 15) is 14.4 Å². The van der Waals surface area contributed by atoms with E-state index in [1.165, 1.54) is 0 Å². The van der Waals surface area contributed by atoms with Gasteiger partial charge in [-0.1, -0.05) is 18.5 Å². The summed E-state index contributed by atoms with van der Waals surface area (Å²) < 4.78 is 0. The normalized spacial score (nSPS) is 21.9. The number of imide groups is 1. The fraction of sp³-hybridized carbons (Fsp3) is 0.526.